The molecule has 1 aromatic carbocycles. The van der Waals surface area contributed by atoms with Crippen molar-refractivity contribution in [3.05, 3.63) is 23.8 Å². The van der Waals surface area contributed by atoms with Crippen molar-refractivity contribution < 1.29 is 4.74 Å². The van der Waals surface area contributed by atoms with Crippen molar-refractivity contribution in [3.63, 3.8) is 0 Å². The van der Waals surface area contributed by atoms with Crippen LogP contribution >= 0.6 is 11.8 Å². The van der Waals surface area contributed by atoms with Crippen LogP contribution in [-0.2, 0) is 6.42 Å². The predicted octanol–water partition coefficient (Wildman–Crippen LogP) is 1.93. The molecular weight excluding hydrogens is 206 g/mol. The molecule has 80 valence electrons. The molecule has 1 fully saturated rings. The van der Waals surface area contributed by atoms with Crippen LogP contribution in [0.1, 0.15) is 5.56 Å². The Kier molecular flexibility index (Phi) is 2.59. The van der Waals surface area contributed by atoms with Gasteiger partial charge in [0, 0.05) is 29.7 Å². The molecule has 0 amide bonds. The molecule has 2 heterocycles. The topological polar surface area (TPSA) is 21.3 Å². The van der Waals surface area contributed by atoms with Crippen molar-refractivity contribution in [1.29, 1.82) is 0 Å². The van der Waals surface area contributed by atoms with E-state index in [1.165, 1.54) is 22.6 Å². The van der Waals surface area contributed by atoms with Crippen LogP contribution in [0.25, 0.3) is 0 Å². The van der Waals surface area contributed by atoms with E-state index in [-0.39, 0.29) is 0 Å². The Balaban J connectivity index is 1.64. The summed E-state index contributed by atoms with van der Waals surface area (Å²) in [6.45, 7) is 3.08. The lowest BCUT2D eigenvalue weighted by atomic mass is 10.1. The number of ether oxygens (including phenoxy) is 1. The molecule has 2 aliphatic rings. The van der Waals surface area contributed by atoms with Gasteiger partial charge in [0.15, 0.2) is 0 Å². The number of hydrogen-bond acceptors (Lipinski definition) is 3. The van der Waals surface area contributed by atoms with E-state index in [1.54, 1.807) is 0 Å². The number of fused-ring (bicyclic) bond motifs is 1. The summed E-state index contributed by atoms with van der Waals surface area (Å²) in [4.78, 5) is 1.42. The number of hydrogen-bond donors (Lipinski definition) is 1. The van der Waals surface area contributed by atoms with Gasteiger partial charge in [-0.15, -0.1) is 11.8 Å². The summed E-state index contributed by atoms with van der Waals surface area (Å²) in [6, 6.07) is 6.51. The second-order valence-corrected chi connectivity index (χ2v) is 5.34. The second kappa shape index (κ2) is 4.06. The molecule has 2 aliphatic heterocycles. The van der Waals surface area contributed by atoms with Gasteiger partial charge in [-0.05, 0) is 24.1 Å². The Morgan fingerprint density at radius 1 is 1.40 bits per heavy atom. The lowest BCUT2D eigenvalue weighted by Crippen LogP contribution is -2.45. The highest BCUT2D eigenvalue weighted by atomic mass is 32.2. The fourth-order valence-electron chi connectivity index (χ4n) is 1.92. The molecule has 15 heavy (non-hydrogen) atoms. The van der Waals surface area contributed by atoms with E-state index in [0.29, 0.717) is 5.92 Å². The summed E-state index contributed by atoms with van der Waals surface area (Å²) in [5.41, 5.74) is 1.48. The smallest absolute Gasteiger partial charge is 0.120 e. The van der Waals surface area contributed by atoms with E-state index >= 15 is 0 Å². The molecule has 0 bridgehead atoms. The van der Waals surface area contributed by atoms with Crippen molar-refractivity contribution in [2.24, 2.45) is 5.92 Å². The van der Waals surface area contributed by atoms with Gasteiger partial charge in [-0.3, -0.25) is 0 Å². The standard InChI is InChI=1S/C12H15NOS/c1-2-11(14-8-9-6-13-7-9)5-12-10(1)3-4-15-12/h1-2,5,9,13H,3-4,6-8H2. The van der Waals surface area contributed by atoms with E-state index in [0.717, 1.165) is 25.4 Å². The molecule has 2 nitrogen and oxygen atoms in total. The molecular formula is C12H15NOS. The van der Waals surface area contributed by atoms with Crippen LogP contribution < -0.4 is 10.1 Å². The highest BCUT2D eigenvalue weighted by Crippen LogP contribution is 2.34. The minimum absolute atomic E-state index is 0.714. The van der Waals surface area contributed by atoms with Crippen LogP contribution in [0, 0.1) is 5.92 Å². The van der Waals surface area contributed by atoms with Crippen LogP contribution in [0.4, 0.5) is 0 Å². The normalized spacial score (nSPS) is 19.7. The molecule has 1 N–H and O–H groups in total. The number of thioether (sulfide) groups is 1. The van der Waals surface area contributed by atoms with E-state index in [9.17, 15) is 0 Å². The van der Waals surface area contributed by atoms with Crippen LogP contribution in [0.3, 0.4) is 0 Å². The number of rotatable bonds is 3. The summed E-state index contributed by atoms with van der Waals surface area (Å²) < 4.78 is 5.78. The SMILES string of the molecule is c1cc2c(cc1OCC1CNC1)SCC2. The van der Waals surface area contributed by atoms with Gasteiger partial charge in [-0.25, -0.2) is 0 Å². The third kappa shape index (κ3) is 1.99. The fourth-order valence-corrected chi connectivity index (χ4v) is 3.01. The minimum Gasteiger partial charge on any atom is -0.493 e. The zero-order chi connectivity index (χ0) is 10.1. The van der Waals surface area contributed by atoms with E-state index in [1.807, 2.05) is 11.8 Å². The number of aryl methyl sites for hydroxylation is 1. The Morgan fingerprint density at radius 2 is 2.33 bits per heavy atom. The molecule has 1 saturated heterocycles. The number of benzene rings is 1. The summed E-state index contributed by atoms with van der Waals surface area (Å²) >= 11 is 1.94. The van der Waals surface area contributed by atoms with Gasteiger partial charge in [-0.1, -0.05) is 6.07 Å². The van der Waals surface area contributed by atoms with Crippen LogP contribution in [0.5, 0.6) is 5.75 Å². The van der Waals surface area contributed by atoms with Gasteiger partial charge in [0.1, 0.15) is 5.75 Å². The molecule has 0 aromatic heterocycles. The van der Waals surface area contributed by atoms with Crippen molar-refractivity contribution in [3.8, 4) is 5.75 Å². The van der Waals surface area contributed by atoms with Gasteiger partial charge in [0.05, 0.1) is 6.61 Å². The van der Waals surface area contributed by atoms with E-state index < -0.39 is 0 Å². The lowest BCUT2D eigenvalue weighted by molar-refractivity contribution is 0.199. The summed E-state index contributed by atoms with van der Waals surface area (Å²) in [5.74, 6) is 2.98. The summed E-state index contributed by atoms with van der Waals surface area (Å²) in [6.07, 6.45) is 1.22. The third-order valence-corrected chi connectivity index (χ3v) is 4.12. The van der Waals surface area contributed by atoms with Gasteiger partial charge < -0.3 is 10.1 Å². The maximum absolute atomic E-state index is 5.78. The first-order valence-electron chi connectivity index (χ1n) is 5.51. The number of nitrogens with one attached hydrogen (secondary N) is 1. The Hall–Kier alpha value is -0.670. The highest BCUT2D eigenvalue weighted by molar-refractivity contribution is 7.99. The third-order valence-electron chi connectivity index (χ3n) is 3.02. The van der Waals surface area contributed by atoms with Crippen LogP contribution in [0.15, 0.2) is 23.1 Å². The van der Waals surface area contributed by atoms with E-state index in [2.05, 4.69) is 23.5 Å². The maximum atomic E-state index is 5.78. The van der Waals surface area contributed by atoms with Gasteiger partial charge >= 0.3 is 0 Å². The molecule has 0 saturated carbocycles. The quantitative estimate of drug-likeness (QED) is 0.842. The monoisotopic (exact) mass is 221 g/mol. The zero-order valence-electron chi connectivity index (χ0n) is 8.66. The summed E-state index contributed by atoms with van der Waals surface area (Å²) in [7, 11) is 0. The zero-order valence-corrected chi connectivity index (χ0v) is 9.48. The maximum Gasteiger partial charge on any atom is 0.120 e. The van der Waals surface area contributed by atoms with Gasteiger partial charge in [0.25, 0.3) is 0 Å². The minimum atomic E-state index is 0.714. The molecule has 3 heteroatoms. The van der Waals surface area contributed by atoms with Crippen LogP contribution in [-0.4, -0.2) is 25.4 Å². The molecule has 0 atom stereocenters. The van der Waals surface area contributed by atoms with Gasteiger partial charge in [-0.2, -0.15) is 0 Å². The lowest BCUT2D eigenvalue weighted by Gasteiger charge is -2.26. The van der Waals surface area contributed by atoms with Crippen molar-refractivity contribution in [2.45, 2.75) is 11.3 Å². The second-order valence-electron chi connectivity index (χ2n) is 4.20. The fraction of sp³-hybridized carbons (Fsp3) is 0.500. The van der Waals surface area contributed by atoms with Crippen molar-refractivity contribution in [2.75, 3.05) is 25.4 Å². The molecule has 3 rings (SSSR count). The van der Waals surface area contributed by atoms with E-state index in [4.69, 9.17) is 4.74 Å². The first-order valence-corrected chi connectivity index (χ1v) is 6.49. The Morgan fingerprint density at radius 3 is 3.13 bits per heavy atom. The molecule has 0 radical (unpaired) electrons. The Bertz CT molecular complexity index is 363. The summed E-state index contributed by atoms with van der Waals surface area (Å²) in [5, 5.41) is 3.26. The highest BCUT2D eigenvalue weighted by Gasteiger charge is 2.17. The van der Waals surface area contributed by atoms with Crippen LogP contribution in [0.2, 0.25) is 0 Å². The molecule has 0 aliphatic carbocycles. The first-order chi connectivity index (χ1) is 7.42. The molecule has 1 aromatic rings. The van der Waals surface area contributed by atoms with Gasteiger partial charge in [0.2, 0.25) is 0 Å². The van der Waals surface area contributed by atoms with Crippen molar-refractivity contribution >= 4 is 11.8 Å². The van der Waals surface area contributed by atoms with Crippen molar-refractivity contribution in [1.82, 2.24) is 5.32 Å². The average Bonchev–Trinajstić information content (AvgIpc) is 2.62. The predicted molar refractivity (Wildman–Crippen MR) is 62.7 cm³/mol. The largest absolute Gasteiger partial charge is 0.493 e. The Labute approximate surface area is 94.4 Å². The molecule has 0 unspecified atom stereocenters. The average molecular weight is 221 g/mol. The first kappa shape index (κ1) is 9.55. The molecule has 0 spiro atoms.